The maximum atomic E-state index is 13.1. The summed E-state index contributed by atoms with van der Waals surface area (Å²) in [4.78, 5) is 26.2. The van der Waals surface area contributed by atoms with E-state index in [9.17, 15) is 14.7 Å². The molecule has 1 aliphatic rings. The lowest BCUT2D eigenvalue weighted by molar-refractivity contribution is -0.137. The number of carbonyl (C=O) groups excluding carboxylic acids is 1. The van der Waals surface area contributed by atoms with Crippen LogP contribution in [0.25, 0.3) is 10.9 Å². The van der Waals surface area contributed by atoms with Gasteiger partial charge in [-0.15, -0.1) is 0 Å². The van der Waals surface area contributed by atoms with Gasteiger partial charge in [0.25, 0.3) is 0 Å². The third-order valence-electron chi connectivity index (χ3n) is 5.55. The number of benzene rings is 2. The molecule has 4 rings (SSSR count). The van der Waals surface area contributed by atoms with Crippen LogP contribution in [0.15, 0.2) is 48.5 Å². The highest BCUT2D eigenvalue weighted by Gasteiger charge is 2.31. The Morgan fingerprint density at radius 2 is 1.96 bits per heavy atom. The third kappa shape index (κ3) is 3.27. The second-order valence-corrected chi connectivity index (χ2v) is 7.68. The molecular formula is C22H21ClN2O3. The van der Waals surface area contributed by atoms with E-state index in [0.29, 0.717) is 24.3 Å². The summed E-state index contributed by atoms with van der Waals surface area (Å²) in [5, 5.41) is 10.9. The molecule has 144 valence electrons. The van der Waals surface area contributed by atoms with Crippen LogP contribution >= 0.6 is 11.6 Å². The number of rotatable bonds is 4. The van der Waals surface area contributed by atoms with Gasteiger partial charge in [-0.1, -0.05) is 29.8 Å². The molecule has 1 aromatic heterocycles. The van der Waals surface area contributed by atoms with Gasteiger partial charge in [0.2, 0.25) is 5.91 Å². The van der Waals surface area contributed by atoms with Crippen LogP contribution in [-0.4, -0.2) is 28.6 Å². The number of carbonyl (C=O) groups is 2. The number of para-hydroxylation sites is 1. The largest absolute Gasteiger partial charge is 0.480 e. The molecule has 0 radical (unpaired) electrons. The van der Waals surface area contributed by atoms with Crippen LogP contribution in [0.3, 0.4) is 0 Å². The Morgan fingerprint density at radius 1 is 1.21 bits per heavy atom. The van der Waals surface area contributed by atoms with Gasteiger partial charge < -0.3 is 14.6 Å². The van der Waals surface area contributed by atoms with Crippen LogP contribution in [0.5, 0.6) is 0 Å². The average molecular weight is 397 g/mol. The van der Waals surface area contributed by atoms with Crippen LogP contribution in [0, 0.1) is 5.92 Å². The maximum Gasteiger partial charge on any atom is 0.323 e. The quantitative estimate of drug-likeness (QED) is 0.720. The van der Waals surface area contributed by atoms with Gasteiger partial charge in [0.05, 0.1) is 0 Å². The molecule has 0 fully saturated rings. The van der Waals surface area contributed by atoms with Gasteiger partial charge in [0, 0.05) is 40.3 Å². The summed E-state index contributed by atoms with van der Waals surface area (Å²) >= 11 is 6.20. The number of carboxylic acid groups (broad SMARTS) is 1. The third-order valence-corrected chi connectivity index (χ3v) is 5.78. The van der Waals surface area contributed by atoms with Crippen molar-refractivity contribution >= 4 is 40.1 Å². The predicted molar refractivity (Wildman–Crippen MR) is 110 cm³/mol. The fraction of sp³-hybridized carbons (Fsp3) is 0.273. The molecule has 3 aromatic rings. The van der Waals surface area contributed by atoms with Crippen molar-refractivity contribution in [3.63, 3.8) is 0 Å². The number of nitrogens with zero attached hydrogens (tertiary/aromatic N) is 2. The minimum absolute atomic E-state index is 0.0815. The molecule has 1 amide bonds. The molecule has 1 unspecified atom stereocenters. The van der Waals surface area contributed by atoms with E-state index in [0.717, 1.165) is 27.8 Å². The lowest BCUT2D eigenvalue weighted by atomic mass is 9.85. The standard InChI is InChI=1S/C22H21ClN2O3/c1-24(16-5-3-2-4-6-16)22(28)14-7-9-19-17(11-14)18-12-15(23)8-10-20(18)25(19)13-21(26)27/h2-6,8,10,12,14H,7,9,11,13H2,1H3,(H,26,27). The number of aliphatic carboxylic acids is 1. The summed E-state index contributed by atoms with van der Waals surface area (Å²) in [7, 11) is 1.80. The summed E-state index contributed by atoms with van der Waals surface area (Å²) < 4.78 is 1.85. The first-order chi connectivity index (χ1) is 13.5. The van der Waals surface area contributed by atoms with E-state index in [1.807, 2.05) is 47.0 Å². The second kappa shape index (κ2) is 7.32. The van der Waals surface area contributed by atoms with Gasteiger partial charge in [-0.05, 0) is 55.2 Å². The van der Waals surface area contributed by atoms with Crippen molar-refractivity contribution in [2.75, 3.05) is 11.9 Å². The minimum atomic E-state index is -0.878. The molecular weight excluding hydrogens is 376 g/mol. The zero-order chi connectivity index (χ0) is 19.8. The molecule has 1 heterocycles. The Labute approximate surface area is 168 Å². The van der Waals surface area contributed by atoms with Crippen molar-refractivity contribution in [2.45, 2.75) is 25.8 Å². The number of halogens is 1. The lowest BCUT2D eigenvalue weighted by Crippen LogP contribution is -2.36. The van der Waals surface area contributed by atoms with Gasteiger partial charge in [-0.25, -0.2) is 0 Å². The highest BCUT2D eigenvalue weighted by Crippen LogP contribution is 2.36. The number of amides is 1. The Balaban J connectivity index is 1.70. The van der Waals surface area contributed by atoms with Gasteiger partial charge >= 0.3 is 5.97 Å². The van der Waals surface area contributed by atoms with E-state index in [-0.39, 0.29) is 18.4 Å². The minimum Gasteiger partial charge on any atom is -0.480 e. The molecule has 28 heavy (non-hydrogen) atoms. The maximum absolute atomic E-state index is 13.1. The molecule has 1 N–H and O–H groups in total. The van der Waals surface area contributed by atoms with Crippen molar-refractivity contribution in [1.29, 1.82) is 0 Å². The van der Waals surface area contributed by atoms with Crippen molar-refractivity contribution in [2.24, 2.45) is 5.92 Å². The van der Waals surface area contributed by atoms with Gasteiger partial charge in [-0.3, -0.25) is 9.59 Å². The first-order valence-corrected chi connectivity index (χ1v) is 9.67. The molecule has 0 aliphatic heterocycles. The normalized spacial score (nSPS) is 16.0. The Bertz CT molecular complexity index is 1060. The van der Waals surface area contributed by atoms with Crippen LogP contribution in [-0.2, 0) is 29.0 Å². The summed E-state index contributed by atoms with van der Waals surface area (Å²) in [5.41, 5.74) is 3.78. The van der Waals surface area contributed by atoms with E-state index >= 15 is 0 Å². The van der Waals surface area contributed by atoms with Crippen molar-refractivity contribution in [3.8, 4) is 0 Å². The average Bonchev–Trinajstić information content (AvgIpc) is 2.99. The molecule has 0 bridgehead atoms. The summed E-state index contributed by atoms with van der Waals surface area (Å²) in [5.74, 6) is -0.935. The smallest absolute Gasteiger partial charge is 0.323 e. The number of carboxylic acids is 1. The number of fused-ring (bicyclic) bond motifs is 3. The topological polar surface area (TPSA) is 62.5 Å². The van der Waals surface area contributed by atoms with Crippen molar-refractivity contribution < 1.29 is 14.7 Å². The zero-order valence-corrected chi connectivity index (χ0v) is 16.3. The van der Waals surface area contributed by atoms with E-state index < -0.39 is 5.97 Å². The van der Waals surface area contributed by atoms with Crippen molar-refractivity contribution in [1.82, 2.24) is 4.57 Å². The van der Waals surface area contributed by atoms with E-state index in [1.54, 1.807) is 18.0 Å². The first kappa shape index (κ1) is 18.6. The number of anilines is 1. The summed E-state index contributed by atoms with van der Waals surface area (Å²) in [6.07, 6.45) is 1.97. The second-order valence-electron chi connectivity index (χ2n) is 7.24. The Morgan fingerprint density at radius 3 is 2.68 bits per heavy atom. The summed E-state index contributed by atoms with van der Waals surface area (Å²) in [6.45, 7) is -0.0873. The molecule has 1 atom stereocenters. The molecule has 2 aromatic carbocycles. The molecule has 0 saturated carbocycles. The van der Waals surface area contributed by atoms with Gasteiger partial charge in [-0.2, -0.15) is 0 Å². The van der Waals surface area contributed by atoms with Gasteiger partial charge in [0.15, 0.2) is 0 Å². The van der Waals surface area contributed by atoms with E-state index in [4.69, 9.17) is 11.6 Å². The highest BCUT2D eigenvalue weighted by atomic mass is 35.5. The Kier molecular flexibility index (Phi) is 4.85. The summed E-state index contributed by atoms with van der Waals surface area (Å²) in [6, 6.07) is 15.1. The monoisotopic (exact) mass is 396 g/mol. The number of hydrogen-bond acceptors (Lipinski definition) is 2. The van der Waals surface area contributed by atoms with Crippen LogP contribution in [0.4, 0.5) is 5.69 Å². The SMILES string of the molecule is CN(C(=O)C1CCc2c(c3cc(Cl)ccc3n2CC(=O)O)C1)c1ccccc1. The van der Waals surface area contributed by atoms with Crippen LogP contribution in [0.2, 0.25) is 5.02 Å². The zero-order valence-electron chi connectivity index (χ0n) is 15.6. The fourth-order valence-electron chi connectivity index (χ4n) is 4.20. The van der Waals surface area contributed by atoms with Gasteiger partial charge in [0.1, 0.15) is 6.54 Å². The number of aromatic nitrogens is 1. The highest BCUT2D eigenvalue weighted by molar-refractivity contribution is 6.31. The van der Waals surface area contributed by atoms with E-state index in [2.05, 4.69) is 0 Å². The lowest BCUT2D eigenvalue weighted by Gasteiger charge is -2.27. The molecule has 6 heteroatoms. The molecule has 1 aliphatic carbocycles. The fourth-order valence-corrected chi connectivity index (χ4v) is 4.37. The van der Waals surface area contributed by atoms with E-state index in [1.165, 1.54) is 0 Å². The van der Waals surface area contributed by atoms with Crippen LogP contribution < -0.4 is 4.90 Å². The van der Waals surface area contributed by atoms with Crippen LogP contribution in [0.1, 0.15) is 17.7 Å². The predicted octanol–water partition coefficient (Wildman–Crippen LogP) is 4.15. The molecule has 5 nitrogen and oxygen atoms in total. The van der Waals surface area contributed by atoms with Crippen molar-refractivity contribution in [3.05, 3.63) is 64.8 Å². The number of hydrogen-bond donors (Lipinski definition) is 1. The Hall–Kier alpha value is -2.79. The molecule has 0 saturated heterocycles. The molecule has 0 spiro atoms. The first-order valence-electron chi connectivity index (χ1n) is 9.29.